The van der Waals surface area contributed by atoms with Crippen LogP contribution in [0.25, 0.3) is 22.0 Å². The van der Waals surface area contributed by atoms with Crippen LogP contribution >= 0.6 is 0 Å². The summed E-state index contributed by atoms with van der Waals surface area (Å²) in [6.07, 6.45) is 3.57. The van der Waals surface area contributed by atoms with Gasteiger partial charge in [-0.1, -0.05) is 30.3 Å². The Morgan fingerprint density at radius 3 is 2.70 bits per heavy atom. The maximum absolute atomic E-state index is 13.3. The molecule has 0 unspecified atom stereocenters. The minimum atomic E-state index is -0.658. The van der Waals surface area contributed by atoms with Gasteiger partial charge < -0.3 is 38.8 Å². The molecule has 0 fully saturated rings. The Kier molecular flexibility index (Phi) is 9.46. The standard InChI is InChI=1S/C30H35N3O7/c1-2-38-30-21(11-13-36-15-16-37-14-12-34)22(23-19-39-26-10-6-3-7-20(23)26)17-27(40-30)29(35)31-18-28-32-24-8-4-5-9-25(24)33-28/h3-10,17,19,21-22,30,34H,2,11-16,18H2,1H3,(H,31,35)(H,32,33)/t21-,22-,30+/m1/s1. The molecule has 0 bridgehead atoms. The first-order valence-corrected chi connectivity index (χ1v) is 13.6. The molecule has 3 heterocycles. The van der Waals surface area contributed by atoms with E-state index in [1.807, 2.05) is 61.5 Å². The van der Waals surface area contributed by atoms with Gasteiger partial charge in [0.25, 0.3) is 5.91 Å². The van der Waals surface area contributed by atoms with Gasteiger partial charge in [0.1, 0.15) is 11.4 Å². The molecule has 1 aliphatic heterocycles. The number of allylic oxidation sites excluding steroid dienone is 1. The molecule has 40 heavy (non-hydrogen) atoms. The average molecular weight is 550 g/mol. The molecule has 10 nitrogen and oxygen atoms in total. The fraction of sp³-hybridized carbons (Fsp3) is 0.400. The van der Waals surface area contributed by atoms with Gasteiger partial charge in [-0.25, -0.2) is 4.98 Å². The Balaban J connectivity index is 1.35. The molecule has 1 aliphatic rings. The van der Waals surface area contributed by atoms with Crippen molar-refractivity contribution in [1.29, 1.82) is 0 Å². The maximum Gasteiger partial charge on any atom is 0.286 e. The van der Waals surface area contributed by atoms with Crippen molar-refractivity contribution < 1.29 is 33.3 Å². The molecule has 0 radical (unpaired) electrons. The van der Waals surface area contributed by atoms with Crippen LogP contribution in [0.3, 0.4) is 0 Å². The Hall–Kier alpha value is -3.70. The molecule has 5 rings (SSSR count). The third-order valence-electron chi connectivity index (χ3n) is 6.87. The number of aromatic nitrogens is 2. The second-order valence-electron chi connectivity index (χ2n) is 9.47. The monoisotopic (exact) mass is 549 g/mol. The minimum Gasteiger partial charge on any atom is -0.464 e. The van der Waals surface area contributed by atoms with E-state index in [4.69, 9.17) is 28.5 Å². The quantitative estimate of drug-likeness (QED) is 0.201. The van der Waals surface area contributed by atoms with Gasteiger partial charge in [0.15, 0.2) is 5.76 Å². The first-order chi connectivity index (χ1) is 19.7. The summed E-state index contributed by atoms with van der Waals surface area (Å²) in [5.41, 5.74) is 3.49. The van der Waals surface area contributed by atoms with Crippen LogP contribution in [0.2, 0.25) is 0 Å². The number of nitrogens with zero attached hydrogens (tertiary/aromatic N) is 1. The summed E-state index contributed by atoms with van der Waals surface area (Å²) in [4.78, 5) is 21.1. The molecule has 10 heteroatoms. The second-order valence-corrected chi connectivity index (χ2v) is 9.47. The van der Waals surface area contributed by atoms with E-state index >= 15 is 0 Å². The zero-order valence-electron chi connectivity index (χ0n) is 22.5. The minimum absolute atomic E-state index is 0.0176. The van der Waals surface area contributed by atoms with Crippen molar-refractivity contribution >= 4 is 27.9 Å². The average Bonchev–Trinajstić information content (AvgIpc) is 3.60. The first-order valence-electron chi connectivity index (χ1n) is 13.6. The zero-order valence-corrected chi connectivity index (χ0v) is 22.5. The highest BCUT2D eigenvalue weighted by molar-refractivity contribution is 5.92. The molecule has 0 aliphatic carbocycles. The van der Waals surface area contributed by atoms with Gasteiger partial charge in [-0.05, 0) is 37.6 Å². The fourth-order valence-electron chi connectivity index (χ4n) is 5.00. The van der Waals surface area contributed by atoms with E-state index in [-0.39, 0.29) is 43.3 Å². The number of nitrogens with one attached hydrogen (secondary N) is 2. The molecule has 0 spiro atoms. The lowest BCUT2D eigenvalue weighted by molar-refractivity contribution is -0.168. The highest BCUT2D eigenvalue weighted by Gasteiger charge is 2.39. The predicted octanol–water partition coefficient (Wildman–Crippen LogP) is 4.02. The van der Waals surface area contributed by atoms with Gasteiger partial charge in [-0.2, -0.15) is 0 Å². The number of hydrogen-bond donors (Lipinski definition) is 3. The molecule has 1 amide bonds. The lowest BCUT2D eigenvalue weighted by Gasteiger charge is -2.36. The van der Waals surface area contributed by atoms with Gasteiger partial charge in [0, 0.05) is 36.0 Å². The number of hydrogen-bond acceptors (Lipinski definition) is 8. The van der Waals surface area contributed by atoms with Crippen molar-refractivity contribution in [2.75, 3.05) is 39.6 Å². The lowest BCUT2D eigenvalue weighted by Crippen LogP contribution is -2.39. The van der Waals surface area contributed by atoms with Gasteiger partial charge in [-0.15, -0.1) is 0 Å². The van der Waals surface area contributed by atoms with E-state index in [1.165, 1.54) is 0 Å². The number of H-pyrrole nitrogens is 1. The van der Waals surface area contributed by atoms with E-state index in [2.05, 4.69) is 15.3 Å². The molecule has 3 atom stereocenters. The van der Waals surface area contributed by atoms with Crippen LogP contribution in [0.15, 0.2) is 71.0 Å². The number of para-hydroxylation sites is 3. The Morgan fingerprint density at radius 1 is 1.07 bits per heavy atom. The van der Waals surface area contributed by atoms with E-state index in [1.54, 1.807) is 6.26 Å². The molecule has 212 valence electrons. The zero-order chi connectivity index (χ0) is 27.7. The topological polar surface area (TPSA) is 128 Å². The highest BCUT2D eigenvalue weighted by atomic mass is 16.7. The van der Waals surface area contributed by atoms with E-state index < -0.39 is 6.29 Å². The van der Waals surface area contributed by atoms with Crippen LogP contribution in [0, 0.1) is 5.92 Å². The Labute approximate surface area is 232 Å². The number of benzene rings is 2. The summed E-state index contributed by atoms with van der Waals surface area (Å²) in [7, 11) is 0. The van der Waals surface area contributed by atoms with Crippen molar-refractivity contribution in [2.24, 2.45) is 5.92 Å². The van der Waals surface area contributed by atoms with Crippen molar-refractivity contribution in [3.8, 4) is 0 Å². The van der Waals surface area contributed by atoms with Crippen LogP contribution in [0.4, 0.5) is 0 Å². The van der Waals surface area contributed by atoms with Crippen LogP contribution in [-0.4, -0.2) is 66.9 Å². The largest absolute Gasteiger partial charge is 0.464 e. The molecule has 3 N–H and O–H groups in total. The summed E-state index contributed by atoms with van der Waals surface area (Å²) in [6.45, 7) is 4.08. The summed E-state index contributed by atoms with van der Waals surface area (Å²) in [5.74, 6) is 0.155. The SMILES string of the molecule is CCO[C@H]1OC(C(=O)NCc2nc3ccccc3[nH]2)=C[C@@H](c2coc3ccccc23)[C@H]1CCOCCOCCO. The summed E-state index contributed by atoms with van der Waals surface area (Å²) in [5, 5.41) is 12.8. The van der Waals surface area contributed by atoms with Crippen LogP contribution < -0.4 is 5.32 Å². The fourth-order valence-corrected chi connectivity index (χ4v) is 5.00. The predicted molar refractivity (Wildman–Crippen MR) is 148 cm³/mol. The van der Waals surface area contributed by atoms with Crippen molar-refractivity contribution in [3.05, 3.63) is 78.0 Å². The molecule has 2 aromatic heterocycles. The number of rotatable bonds is 14. The second kappa shape index (κ2) is 13.6. The summed E-state index contributed by atoms with van der Waals surface area (Å²) in [6, 6.07) is 15.6. The van der Waals surface area contributed by atoms with Gasteiger partial charge in [-0.3, -0.25) is 4.79 Å². The summed E-state index contributed by atoms with van der Waals surface area (Å²) < 4.78 is 29.1. The number of aromatic amines is 1. The van der Waals surface area contributed by atoms with E-state index in [0.29, 0.717) is 38.7 Å². The molecular weight excluding hydrogens is 514 g/mol. The number of amides is 1. The number of furan rings is 1. The number of fused-ring (bicyclic) bond motifs is 2. The van der Waals surface area contributed by atoms with Crippen LogP contribution in [0.1, 0.15) is 30.7 Å². The number of ether oxygens (including phenoxy) is 4. The molecule has 4 aromatic rings. The number of carbonyl (C=O) groups excluding carboxylic acids is 1. The lowest BCUT2D eigenvalue weighted by atomic mass is 9.81. The highest BCUT2D eigenvalue weighted by Crippen LogP contribution is 2.42. The molecule has 0 saturated carbocycles. The van der Waals surface area contributed by atoms with Gasteiger partial charge in [0.2, 0.25) is 6.29 Å². The number of aliphatic hydroxyl groups is 1. The van der Waals surface area contributed by atoms with Crippen molar-refractivity contribution in [3.63, 3.8) is 0 Å². The Morgan fingerprint density at radius 2 is 1.88 bits per heavy atom. The normalized spacial score (nSPS) is 19.1. The number of carbonyl (C=O) groups is 1. The smallest absolute Gasteiger partial charge is 0.286 e. The molecule has 2 aromatic carbocycles. The van der Waals surface area contributed by atoms with Gasteiger partial charge in [0.05, 0.1) is 50.3 Å². The van der Waals surface area contributed by atoms with E-state index in [9.17, 15) is 4.79 Å². The number of imidazole rings is 1. The van der Waals surface area contributed by atoms with Gasteiger partial charge >= 0.3 is 0 Å². The van der Waals surface area contributed by atoms with Crippen LogP contribution in [0.5, 0.6) is 0 Å². The van der Waals surface area contributed by atoms with Crippen molar-refractivity contribution in [2.45, 2.75) is 32.1 Å². The Bertz CT molecular complexity index is 1400. The summed E-state index contributed by atoms with van der Waals surface area (Å²) >= 11 is 0. The maximum atomic E-state index is 13.3. The third kappa shape index (κ3) is 6.53. The van der Waals surface area contributed by atoms with Crippen LogP contribution in [-0.2, 0) is 30.3 Å². The third-order valence-corrected chi connectivity index (χ3v) is 6.87. The number of aliphatic hydroxyl groups excluding tert-OH is 1. The molecular formula is C30H35N3O7. The van der Waals surface area contributed by atoms with E-state index in [0.717, 1.165) is 27.6 Å². The first kappa shape index (κ1) is 27.9. The molecule has 0 saturated heterocycles. The van der Waals surface area contributed by atoms with Crippen molar-refractivity contribution in [1.82, 2.24) is 15.3 Å².